The van der Waals surface area contributed by atoms with Crippen molar-refractivity contribution in [2.24, 2.45) is 12.0 Å². The Morgan fingerprint density at radius 2 is 2.19 bits per heavy atom. The number of hydrogen-bond donors (Lipinski definition) is 1. The molecule has 0 aromatic carbocycles. The van der Waals surface area contributed by atoms with Crippen LogP contribution in [0.15, 0.2) is 26.3 Å². The van der Waals surface area contributed by atoms with Gasteiger partial charge < -0.3 is 19.3 Å². The van der Waals surface area contributed by atoms with Crippen LogP contribution in [0.3, 0.4) is 0 Å². The minimum absolute atomic E-state index is 0. The van der Waals surface area contributed by atoms with Gasteiger partial charge in [0.1, 0.15) is 0 Å². The van der Waals surface area contributed by atoms with Crippen molar-refractivity contribution in [2.75, 3.05) is 20.6 Å². The first-order valence-electron chi connectivity index (χ1n) is 8.45. The lowest BCUT2D eigenvalue weighted by Gasteiger charge is -2.22. The van der Waals surface area contributed by atoms with Crippen LogP contribution in [0.25, 0.3) is 0 Å². The minimum atomic E-state index is 0. The first kappa shape index (κ1) is 22.9. The minimum Gasteiger partial charge on any atom is -0.356 e. The van der Waals surface area contributed by atoms with Crippen LogP contribution in [-0.4, -0.2) is 46.2 Å². The fourth-order valence-corrected chi connectivity index (χ4v) is 3.04. The number of rotatable bonds is 7. The summed E-state index contributed by atoms with van der Waals surface area (Å²) >= 11 is 3.51. The summed E-state index contributed by atoms with van der Waals surface area (Å²) in [5, 5.41) is 7.37. The van der Waals surface area contributed by atoms with Crippen molar-refractivity contribution in [3.8, 4) is 0 Å². The molecule has 0 amide bonds. The van der Waals surface area contributed by atoms with E-state index >= 15 is 0 Å². The summed E-state index contributed by atoms with van der Waals surface area (Å²) in [4.78, 5) is 10.9. The van der Waals surface area contributed by atoms with Crippen LogP contribution in [0.5, 0.6) is 0 Å². The van der Waals surface area contributed by atoms with Gasteiger partial charge >= 0.3 is 0 Å². The van der Waals surface area contributed by atoms with Crippen molar-refractivity contribution >= 4 is 45.9 Å². The van der Waals surface area contributed by atoms with Crippen LogP contribution < -0.4 is 5.32 Å². The smallest absolute Gasteiger partial charge is 0.226 e. The molecule has 0 saturated carbocycles. The monoisotopic (exact) mass is 538 g/mol. The molecule has 0 saturated heterocycles. The van der Waals surface area contributed by atoms with Crippen LogP contribution in [-0.2, 0) is 20.0 Å². The number of halogens is 2. The highest BCUT2D eigenvalue weighted by Gasteiger charge is 2.11. The molecule has 2 aromatic rings. The van der Waals surface area contributed by atoms with Crippen molar-refractivity contribution in [3.63, 3.8) is 0 Å². The van der Waals surface area contributed by atoms with Gasteiger partial charge in [0.25, 0.3) is 0 Å². The molecule has 0 atom stereocenters. The molecule has 2 aromatic heterocycles. The molecule has 0 fully saturated rings. The zero-order valence-electron chi connectivity index (χ0n) is 16.0. The number of nitrogens with one attached hydrogen (secondary N) is 1. The standard InChI is InChI=1S/C17H27BrN6O.HI/c1-12(2)16-21-15(25-22-16)7-6-8-20-17(19-3)24(5)11-14-9-13(18)10-23(14)4;/h9-10,12H,6-8,11H2,1-5H3,(H,19,20);1H. The van der Waals surface area contributed by atoms with Crippen molar-refractivity contribution < 1.29 is 4.52 Å². The van der Waals surface area contributed by atoms with Gasteiger partial charge in [-0.1, -0.05) is 19.0 Å². The lowest BCUT2D eigenvalue weighted by Crippen LogP contribution is -2.39. The summed E-state index contributed by atoms with van der Waals surface area (Å²) in [6.07, 6.45) is 3.72. The highest BCUT2D eigenvalue weighted by molar-refractivity contribution is 14.0. The van der Waals surface area contributed by atoms with E-state index in [4.69, 9.17) is 4.52 Å². The Bertz CT molecular complexity index is 712. The molecule has 1 N–H and O–H groups in total. The first-order chi connectivity index (χ1) is 11.9. The van der Waals surface area contributed by atoms with Crippen LogP contribution in [0.4, 0.5) is 0 Å². The molecule has 0 spiro atoms. The molecule has 2 heterocycles. The molecule has 0 radical (unpaired) electrons. The summed E-state index contributed by atoms with van der Waals surface area (Å²) in [7, 11) is 5.87. The number of guanidine groups is 1. The molecular weight excluding hydrogens is 511 g/mol. The predicted molar refractivity (Wildman–Crippen MR) is 118 cm³/mol. The first-order valence-corrected chi connectivity index (χ1v) is 9.25. The second kappa shape index (κ2) is 10.9. The molecule has 0 aliphatic heterocycles. The van der Waals surface area contributed by atoms with E-state index in [1.165, 1.54) is 5.69 Å². The van der Waals surface area contributed by atoms with Gasteiger partial charge in [0.15, 0.2) is 11.8 Å². The molecule has 9 heteroatoms. The van der Waals surface area contributed by atoms with Gasteiger partial charge in [-0.2, -0.15) is 4.98 Å². The van der Waals surface area contributed by atoms with Gasteiger partial charge in [-0.3, -0.25) is 4.99 Å². The van der Waals surface area contributed by atoms with Gasteiger partial charge in [0.05, 0.1) is 6.54 Å². The van der Waals surface area contributed by atoms with E-state index in [0.717, 1.165) is 42.2 Å². The Labute approximate surface area is 180 Å². The zero-order valence-corrected chi connectivity index (χ0v) is 19.9. The molecule has 2 rings (SSSR count). The molecule has 0 bridgehead atoms. The van der Waals surface area contributed by atoms with Gasteiger partial charge in [-0.05, 0) is 28.4 Å². The molecular formula is C17H28BrIN6O. The lowest BCUT2D eigenvalue weighted by molar-refractivity contribution is 0.368. The number of aryl methyl sites for hydroxylation is 2. The number of nitrogens with zero attached hydrogens (tertiary/aromatic N) is 5. The largest absolute Gasteiger partial charge is 0.356 e. The summed E-state index contributed by atoms with van der Waals surface area (Å²) in [6, 6.07) is 2.12. The maximum Gasteiger partial charge on any atom is 0.226 e. The third-order valence-electron chi connectivity index (χ3n) is 3.90. The summed E-state index contributed by atoms with van der Waals surface area (Å²) < 4.78 is 8.46. The fraction of sp³-hybridized carbons (Fsp3) is 0.588. The Morgan fingerprint density at radius 3 is 2.73 bits per heavy atom. The van der Waals surface area contributed by atoms with Crippen molar-refractivity contribution in [2.45, 2.75) is 39.2 Å². The Morgan fingerprint density at radius 1 is 1.46 bits per heavy atom. The predicted octanol–water partition coefficient (Wildman–Crippen LogP) is 3.55. The molecule has 0 aliphatic carbocycles. The van der Waals surface area contributed by atoms with E-state index in [9.17, 15) is 0 Å². The third kappa shape index (κ3) is 6.57. The second-order valence-electron chi connectivity index (χ2n) is 6.40. The van der Waals surface area contributed by atoms with Crippen molar-refractivity contribution in [3.05, 3.63) is 34.1 Å². The van der Waals surface area contributed by atoms with Gasteiger partial charge in [0.2, 0.25) is 5.89 Å². The van der Waals surface area contributed by atoms with Crippen LogP contribution >= 0.6 is 39.9 Å². The summed E-state index contributed by atoms with van der Waals surface area (Å²) in [5.41, 5.74) is 1.21. The maximum atomic E-state index is 5.26. The van der Waals surface area contributed by atoms with Crippen LogP contribution in [0.1, 0.15) is 43.6 Å². The average Bonchev–Trinajstić information content (AvgIpc) is 3.14. The molecule has 146 valence electrons. The van der Waals surface area contributed by atoms with E-state index in [0.29, 0.717) is 11.8 Å². The Kier molecular flexibility index (Phi) is 9.62. The second-order valence-corrected chi connectivity index (χ2v) is 7.31. The molecule has 7 nitrogen and oxygen atoms in total. The van der Waals surface area contributed by atoms with Crippen molar-refractivity contribution in [1.82, 2.24) is 24.9 Å². The molecule has 0 aliphatic rings. The highest BCUT2D eigenvalue weighted by Crippen LogP contribution is 2.15. The fourth-order valence-electron chi connectivity index (χ4n) is 2.47. The van der Waals surface area contributed by atoms with Crippen LogP contribution in [0.2, 0.25) is 0 Å². The van der Waals surface area contributed by atoms with Gasteiger partial charge in [0, 0.05) is 56.4 Å². The van der Waals surface area contributed by atoms with E-state index in [2.05, 4.69) is 72.0 Å². The number of aromatic nitrogens is 3. The topological polar surface area (TPSA) is 71.5 Å². The summed E-state index contributed by atoms with van der Waals surface area (Å²) in [5.74, 6) is 2.63. The van der Waals surface area contributed by atoms with Crippen LogP contribution in [0, 0.1) is 0 Å². The Hall–Kier alpha value is -1.10. The quantitative estimate of drug-likeness (QED) is 0.252. The number of hydrogen-bond acceptors (Lipinski definition) is 4. The normalized spacial score (nSPS) is 11.6. The molecule has 26 heavy (non-hydrogen) atoms. The lowest BCUT2D eigenvalue weighted by atomic mass is 10.2. The van der Waals surface area contributed by atoms with Gasteiger partial charge in [-0.25, -0.2) is 0 Å². The van der Waals surface area contributed by atoms with E-state index < -0.39 is 0 Å². The molecule has 0 unspecified atom stereocenters. The van der Waals surface area contributed by atoms with E-state index in [-0.39, 0.29) is 24.0 Å². The summed E-state index contributed by atoms with van der Waals surface area (Å²) in [6.45, 7) is 5.69. The highest BCUT2D eigenvalue weighted by atomic mass is 127. The third-order valence-corrected chi connectivity index (χ3v) is 4.33. The Balaban J connectivity index is 0.00000338. The SMILES string of the molecule is CN=C(NCCCc1nc(C(C)C)no1)N(C)Cc1cc(Br)cn1C.I. The van der Waals surface area contributed by atoms with Crippen molar-refractivity contribution in [1.29, 1.82) is 0 Å². The zero-order chi connectivity index (χ0) is 18.4. The van der Waals surface area contributed by atoms with Gasteiger partial charge in [-0.15, -0.1) is 24.0 Å². The average molecular weight is 539 g/mol. The number of aliphatic imine (C=N–C) groups is 1. The van der Waals surface area contributed by atoms with E-state index in [1.54, 1.807) is 7.05 Å². The van der Waals surface area contributed by atoms with E-state index in [1.807, 2.05) is 14.1 Å². The maximum absolute atomic E-state index is 5.26.